The third kappa shape index (κ3) is 2.69. The number of aromatic nitrogens is 4. The molecule has 0 atom stereocenters. The van der Waals surface area contributed by atoms with Crippen molar-refractivity contribution in [3.8, 4) is 0 Å². The zero-order chi connectivity index (χ0) is 21.0. The van der Waals surface area contributed by atoms with E-state index in [2.05, 4.69) is 24.0 Å². The lowest BCUT2D eigenvalue weighted by Crippen LogP contribution is -2.40. The van der Waals surface area contributed by atoms with Gasteiger partial charge in [-0.15, -0.1) is 0 Å². The summed E-state index contributed by atoms with van der Waals surface area (Å²) in [6.45, 7) is 5.69. The third-order valence-electron chi connectivity index (χ3n) is 5.83. The summed E-state index contributed by atoms with van der Waals surface area (Å²) in [5, 5.41) is 0. The molecule has 30 heavy (non-hydrogen) atoms. The Morgan fingerprint density at radius 2 is 1.80 bits per heavy atom. The normalized spacial score (nSPS) is 13.2. The van der Waals surface area contributed by atoms with Crippen molar-refractivity contribution in [3.05, 3.63) is 86.1 Å². The fourth-order valence-electron chi connectivity index (χ4n) is 4.30. The highest BCUT2D eigenvalue weighted by Gasteiger charge is 2.29. The second-order valence-corrected chi connectivity index (χ2v) is 7.90. The van der Waals surface area contributed by atoms with Gasteiger partial charge in [-0.3, -0.25) is 13.9 Å². The van der Waals surface area contributed by atoms with Crippen LogP contribution in [0.3, 0.4) is 0 Å². The molecule has 2 aromatic heterocycles. The van der Waals surface area contributed by atoms with Gasteiger partial charge in [0.25, 0.3) is 5.56 Å². The zero-order valence-corrected chi connectivity index (χ0v) is 17.3. The Labute approximate surface area is 173 Å². The number of hydrogen-bond acceptors (Lipinski definition) is 4. The van der Waals surface area contributed by atoms with E-state index in [-0.39, 0.29) is 17.8 Å². The number of hydrogen-bond donors (Lipinski definition) is 0. The van der Waals surface area contributed by atoms with Gasteiger partial charge in [0.2, 0.25) is 5.95 Å². The molecule has 0 fully saturated rings. The molecule has 7 nitrogen and oxygen atoms in total. The number of nitrogens with zero attached hydrogens (tertiary/aromatic N) is 5. The summed E-state index contributed by atoms with van der Waals surface area (Å²) >= 11 is 0. The molecule has 0 saturated carbocycles. The van der Waals surface area contributed by atoms with E-state index in [1.54, 1.807) is 7.05 Å². The lowest BCUT2D eigenvalue weighted by Gasteiger charge is -2.18. The average molecular weight is 401 g/mol. The summed E-state index contributed by atoms with van der Waals surface area (Å²) in [6.07, 6.45) is 0. The SMILES string of the molecule is Cc1cccc(Cn2c(=O)c3c(nc4n3CCN4c3ccccc3C)n(C)c2=O)c1. The van der Waals surface area contributed by atoms with Crippen LogP contribution in [0.4, 0.5) is 11.6 Å². The van der Waals surface area contributed by atoms with Crippen LogP contribution in [0.15, 0.2) is 58.1 Å². The molecular formula is C23H23N5O2. The van der Waals surface area contributed by atoms with Crippen LogP contribution in [-0.2, 0) is 20.1 Å². The van der Waals surface area contributed by atoms with E-state index in [0.717, 1.165) is 28.9 Å². The summed E-state index contributed by atoms with van der Waals surface area (Å²) < 4.78 is 4.73. The van der Waals surface area contributed by atoms with Crippen molar-refractivity contribution in [1.29, 1.82) is 0 Å². The van der Waals surface area contributed by atoms with Gasteiger partial charge in [-0.1, -0.05) is 48.0 Å². The third-order valence-corrected chi connectivity index (χ3v) is 5.83. The average Bonchev–Trinajstić information content (AvgIpc) is 3.30. The smallest absolute Gasteiger partial charge is 0.310 e. The van der Waals surface area contributed by atoms with Crippen molar-refractivity contribution < 1.29 is 0 Å². The van der Waals surface area contributed by atoms with Gasteiger partial charge in [0.15, 0.2) is 11.2 Å². The lowest BCUT2D eigenvalue weighted by atomic mass is 10.1. The minimum atomic E-state index is -0.353. The van der Waals surface area contributed by atoms with E-state index >= 15 is 0 Å². The van der Waals surface area contributed by atoms with Gasteiger partial charge in [-0.25, -0.2) is 4.79 Å². The van der Waals surface area contributed by atoms with Crippen molar-refractivity contribution in [2.24, 2.45) is 7.05 Å². The Balaban J connectivity index is 1.70. The molecule has 7 heteroatoms. The maximum atomic E-state index is 13.4. The number of imidazole rings is 1. The minimum Gasteiger partial charge on any atom is -0.310 e. The maximum absolute atomic E-state index is 13.4. The second kappa shape index (κ2) is 6.73. The molecular weight excluding hydrogens is 378 g/mol. The highest BCUT2D eigenvalue weighted by molar-refractivity contribution is 5.78. The highest BCUT2D eigenvalue weighted by atomic mass is 16.2. The summed E-state index contributed by atoms with van der Waals surface area (Å²) in [5.41, 5.74) is 4.50. The van der Waals surface area contributed by atoms with Gasteiger partial charge in [0.05, 0.1) is 6.54 Å². The molecule has 1 aliphatic rings. The van der Waals surface area contributed by atoms with Gasteiger partial charge in [0, 0.05) is 25.8 Å². The minimum absolute atomic E-state index is 0.241. The van der Waals surface area contributed by atoms with Gasteiger partial charge < -0.3 is 9.47 Å². The fraction of sp³-hybridized carbons (Fsp3) is 0.261. The quantitative estimate of drug-likeness (QED) is 0.530. The molecule has 152 valence electrons. The Hall–Kier alpha value is -3.61. The van der Waals surface area contributed by atoms with Crippen molar-refractivity contribution in [2.45, 2.75) is 26.9 Å². The molecule has 0 N–H and O–H groups in total. The molecule has 0 amide bonds. The van der Waals surface area contributed by atoms with Crippen LogP contribution in [-0.4, -0.2) is 25.2 Å². The first-order valence-corrected chi connectivity index (χ1v) is 10.0. The monoisotopic (exact) mass is 401 g/mol. The summed E-state index contributed by atoms with van der Waals surface area (Å²) in [5.74, 6) is 0.708. The van der Waals surface area contributed by atoms with Crippen molar-refractivity contribution in [3.63, 3.8) is 0 Å². The Morgan fingerprint density at radius 1 is 1.00 bits per heavy atom. The summed E-state index contributed by atoms with van der Waals surface area (Å²) in [7, 11) is 1.68. The predicted molar refractivity (Wildman–Crippen MR) is 118 cm³/mol. The maximum Gasteiger partial charge on any atom is 0.332 e. The van der Waals surface area contributed by atoms with E-state index in [1.165, 1.54) is 9.13 Å². The number of rotatable bonds is 3. The molecule has 0 saturated heterocycles. The Morgan fingerprint density at radius 3 is 2.57 bits per heavy atom. The van der Waals surface area contributed by atoms with Gasteiger partial charge in [-0.05, 0) is 31.0 Å². The number of para-hydroxylation sites is 1. The van der Waals surface area contributed by atoms with Crippen molar-refractivity contribution >= 4 is 22.8 Å². The lowest BCUT2D eigenvalue weighted by molar-refractivity contribution is 0.652. The van der Waals surface area contributed by atoms with Crippen LogP contribution in [0.2, 0.25) is 0 Å². The molecule has 0 bridgehead atoms. The molecule has 2 aromatic carbocycles. The van der Waals surface area contributed by atoms with E-state index < -0.39 is 0 Å². The number of fused-ring (bicyclic) bond motifs is 3. The molecule has 3 heterocycles. The molecule has 0 aliphatic carbocycles. The van der Waals surface area contributed by atoms with Crippen LogP contribution in [0.1, 0.15) is 16.7 Å². The first-order valence-electron chi connectivity index (χ1n) is 10.0. The van der Waals surface area contributed by atoms with E-state index in [0.29, 0.717) is 23.7 Å². The number of benzene rings is 2. The van der Waals surface area contributed by atoms with Crippen LogP contribution in [0, 0.1) is 13.8 Å². The van der Waals surface area contributed by atoms with Crippen LogP contribution >= 0.6 is 0 Å². The van der Waals surface area contributed by atoms with E-state index in [9.17, 15) is 9.59 Å². The van der Waals surface area contributed by atoms with Gasteiger partial charge in [0.1, 0.15) is 0 Å². The Bertz CT molecular complexity index is 1410. The second-order valence-electron chi connectivity index (χ2n) is 7.90. The van der Waals surface area contributed by atoms with E-state index in [1.807, 2.05) is 47.9 Å². The molecule has 5 rings (SSSR count). The highest BCUT2D eigenvalue weighted by Crippen LogP contribution is 2.33. The summed E-state index contributed by atoms with van der Waals surface area (Å²) in [6, 6.07) is 16.0. The molecule has 0 radical (unpaired) electrons. The number of anilines is 2. The van der Waals surface area contributed by atoms with E-state index in [4.69, 9.17) is 4.98 Å². The summed E-state index contributed by atoms with van der Waals surface area (Å²) in [4.78, 5) is 33.2. The molecule has 1 aliphatic heterocycles. The largest absolute Gasteiger partial charge is 0.332 e. The Kier molecular flexibility index (Phi) is 4.13. The van der Waals surface area contributed by atoms with Gasteiger partial charge in [-0.2, -0.15) is 4.98 Å². The van der Waals surface area contributed by atoms with Crippen LogP contribution < -0.4 is 16.1 Å². The van der Waals surface area contributed by atoms with Crippen molar-refractivity contribution in [1.82, 2.24) is 18.7 Å². The van der Waals surface area contributed by atoms with Crippen LogP contribution in [0.5, 0.6) is 0 Å². The molecule has 0 unspecified atom stereocenters. The topological polar surface area (TPSA) is 65.1 Å². The fourth-order valence-corrected chi connectivity index (χ4v) is 4.30. The first-order chi connectivity index (χ1) is 14.5. The zero-order valence-electron chi connectivity index (χ0n) is 17.3. The number of aryl methyl sites for hydroxylation is 3. The standard InChI is InChI=1S/C23H23N5O2/c1-15-7-6-9-17(13-15)14-28-21(29)19-20(25(3)23(28)30)24-22-26(11-12-27(19)22)18-10-5-4-8-16(18)2/h4-10,13H,11-12,14H2,1-3H3. The molecule has 4 aromatic rings. The van der Waals surface area contributed by atoms with Crippen LogP contribution in [0.25, 0.3) is 11.2 Å². The van der Waals surface area contributed by atoms with Crippen molar-refractivity contribution in [2.75, 3.05) is 11.4 Å². The predicted octanol–water partition coefficient (Wildman–Crippen LogP) is 2.71. The van der Waals surface area contributed by atoms with Gasteiger partial charge >= 0.3 is 5.69 Å². The first kappa shape index (κ1) is 18.4. The molecule has 0 spiro atoms.